The minimum Gasteiger partial charge on any atom is -0.480 e. The summed E-state index contributed by atoms with van der Waals surface area (Å²) in [6.45, 7) is 0.400. The number of nitrogens with two attached hydrogens (primary N) is 1. The molecule has 6 N–H and O–H groups in total. The van der Waals surface area contributed by atoms with E-state index in [0.29, 0.717) is 19.4 Å². The van der Waals surface area contributed by atoms with Gasteiger partial charge >= 0.3 is 11.9 Å². The van der Waals surface area contributed by atoms with Crippen LogP contribution in [0.15, 0.2) is 30.3 Å². The van der Waals surface area contributed by atoms with Crippen LogP contribution < -0.4 is 11.1 Å². The molecule has 1 aliphatic rings. The molecule has 0 aromatic heterocycles. The van der Waals surface area contributed by atoms with E-state index in [1.165, 1.54) is 0 Å². The first-order valence-electron chi connectivity index (χ1n) is 6.56. The summed E-state index contributed by atoms with van der Waals surface area (Å²) in [7, 11) is 0. The minimum absolute atomic E-state index is 0.329. The molecule has 0 saturated carbocycles. The van der Waals surface area contributed by atoms with Crippen LogP contribution in [0.2, 0.25) is 0 Å². The quantitative estimate of drug-likeness (QED) is 0.502. The highest BCUT2D eigenvalue weighted by Gasteiger charge is 2.27. The first-order valence-corrected chi connectivity index (χ1v) is 6.56. The van der Waals surface area contributed by atoms with Crippen LogP contribution in [-0.4, -0.2) is 52.0 Å². The van der Waals surface area contributed by atoms with Crippen molar-refractivity contribution < 1.29 is 24.9 Å². The molecule has 1 heterocycles. The van der Waals surface area contributed by atoms with Crippen LogP contribution in [0.25, 0.3) is 0 Å². The predicted octanol–water partition coefficient (Wildman–Crippen LogP) is -0.565. The zero-order valence-electron chi connectivity index (χ0n) is 11.5. The van der Waals surface area contributed by atoms with Crippen LogP contribution in [0.1, 0.15) is 12.0 Å². The van der Waals surface area contributed by atoms with Crippen LogP contribution in [0.3, 0.4) is 0 Å². The maximum Gasteiger partial charge on any atom is 0.320 e. The first-order chi connectivity index (χ1) is 9.90. The maximum atomic E-state index is 10.4. The predicted molar refractivity (Wildman–Crippen MR) is 75.8 cm³/mol. The number of carbonyl (C=O) groups is 2. The van der Waals surface area contributed by atoms with Gasteiger partial charge < -0.3 is 26.4 Å². The monoisotopic (exact) mass is 296 g/mol. The summed E-state index contributed by atoms with van der Waals surface area (Å²) in [5.74, 6) is -1.84. The summed E-state index contributed by atoms with van der Waals surface area (Å²) in [5, 5.41) is 28.4. The Hall–Kier alpha value is -1.96. The van der Waals surface area contributed by atoms with Gasteiger partial charge in [0, 0.05) is 13.0 Å². The maximum absolute atomic E-state index is 10.4. The Balaban J connectivity index is 0.000000219. The third-order valence-corrected chi connectivity index (χ3v) is 3.02. The van der Waals surface area contributed by atoms with Gasteiger partial charge in [-0.3, -0.25) is 9.59 Å². The highest BCUT2D eigenvalue weighted by molar-refractivity contribution is 5.74. The molecule has 3 atom stereocenters. The summed E-state index contributed by atoms with van der Waals surface area (Å²) < 4.78 is 0. The Labute approximate surface area is 122 Å². The van der Waals surface area contributed by atoms with E-state index in [-0.39, 0.29) is 0 Å². The summed E-state index contributed by atoms with van der Waals surface area (Å²) in [6.07, 6.45) is 0.233. The topological polar surface area (TPSA) is 133 Å². The molecule has 1 aliphatic heterocycles. The Bertz CT molecular complexity index is 466. The van der Waals surface area contributed by atoms with E-state index in [9.17, 15) is 9.59 Å². The van der Waals surface area contributed by atoms with Gasteiger partial charge in [-0.15, -0.1) is 0 Å². The molecular formula is C14H20N2O5. The molecule has 1 aromatic rings. The summed E-state index contributed by atoms with van der Waals surface area (Å²) in [6, 6.07) is 8.00. The third kappa shape index (κ3) is 6.35. The normalized spacial score (nSPS) is 22.0. The molecule has 1 fully saturated rings. The lowest BCUT2D eigenvalue weighted by molar-refractivity contribution is -0.139. The molecule has 1 saturated heterocycles. The van der Waals surface area contributed by atoms with Crippen LogP contribution in [0.5, 0.6) is 0 Å². The summed E-state index contributed by atoms with van der Waals surface area (Å²) in [5.41, 5.74) is 6.30. The second-order valence-electron chi connectivity index (χ2n) is 4.82. The molecule has 2 rings (SSSR count). The van der Waals surface area contributed by atoms with E-state index in [2.05, 4.69) is 5.32 Å². The Morgan fingerprint density at radius 3 is 2.29 bits per heavy atom. The van der Waals surface area contributed by atoms with Crippen LogP contribution in [0.4, 0.5) is 0 Å². The standard InChI is InChI=1S/C9H11NO2.C5H9NO3/c10-8(9(11)12)6-7-4-2-1-3-5-7;7-3-1-4(5(8)9)6-2-3/h1-5,8H,6,10H2,(H,11,12);3-4,6-7H,1-2H2,(H,8,9)/t;3-,4+/m.1/s1. The van der Waals surface area contributed by atoms with Gasteiger partial charge in [0.2, 0.25) is 0 Å². The smallest absolute Gasteiger partial charge is 0.320 e. The minimum atomic E-state index is -0.959. The van der Waals surface area contributed by atoms with E-state index in [4.69, 9.17) is 21.1 Å². The number of rotatable bonds is 4. The van der Waals surface area contributed by atoms with Gasteiger partial charge in [0.05, 0.1) is 6.10 Å². The van der Waals surface area contributed by atoms with Crippen molar-refractivity contribution in [3.63, 3.8) is 0 Å². The fourth-order valence-electron chi connectivity index (χ4n) is 1.86. The number of aliphatic hydroxyl groups excluding tert-OH is 1. The van der Waals surface area contributed by atoms with Crippen LogP contribution in [-0.2, 0) is 16.0 Å². The Morgan fingerprint density at radius 1 is 1.29 bits per heavy atom. The second-order valence-corrected chi connectivity index (χ2v) is 4.82. The van der Waals surface area contributed by atoms with Crippen molar-refractivity contribution in [1.82, 2.24) is 5.32 Å². The van der Waals surface area contributed by atoms with Crippen molar-refractivity contribution in [2.45, 2.75) is 31.0 Å². The van der Waals surface area contributed by atoms with Crippen molar-refractivity contribution in [1.29, 1.82) is 0 Å². The average molecular weight is 296 g/mol. The fraction of sp³-hybridized carbons (Fsp3) is 0.429. The Kier molecular flexibility index (Phi) is 6.80. The van der Waals surface area contributed by atoms with Crippen molar-refractivity contribution in [3.05, 3.63) is 35.9 Å². The number of carboxylic acid groups (broad SMARTS) is 2. The Morgan fingerprint density at radius 2 is 1.90 bits per heavy atom. The number of benzene rings is 1. The lowest BCUT2D eigenvalue weighted by Gasteiger charge is -2.04. The lowest BCUT2D eigenvalue weighted by Crippen LogP contribution is -2.32. The van der Waals surface area contributed by atoms with Gasteiger partial charge in [0.15, 0.2) is 0 Å². The van der Waals surface area contributed by atoms with Gasteiger partial charge in [0.1, 0.15) is 12.1 Å². The lowest BCUT2D eigenvalue weighted by atomic mass is 10.1. The highest BCUT2D eigenvalue weighted by Crippen LogP contribution is 2.05. The third-order valence-electron chi connectivity index (χ3n) is 3.02. The molecule has 1 unspecified atom stereocenters. The fourth-order valence-corrected chi connectivity index (χ4v) is 1.86. The highest BCUT2D eigenvalue weighted by atomic mass is 16.4. The number of hydrogen-bond donors (Lipinski definition) is 5. The molecular weight excluding hydrogens is 276 g/mol. The van der Waals surface area contributed by atoms with E-state index in [1.807, 2.05) is 30.3 Å². The number of aliphatic hydroxyl groups is 1. The molecule has 0 aliphatic carbocycles. The number of nitrogens with one attached hydrogen (secondary N) is 1. The number of aliphatic carboxylic acids is 2. The molecule has 21 heavy (non-hydrogen) atoms. The van der Waals surface area contributed by atoms with Crippen LogP contribution in [0, 0.1) is 0 Å². The zero-order chi connectivity index (χ0) is 15.8. The SMILES string of the molecule is NC(Cc1ccccc1)C(=O)O.O=C(O)[C@@H]1C[C@@H](O)CN1. The molecule has 116 valence electrons. The number of hydrogen-bond acceptors (Lipinski definition) is 5. The summed E-state index contributed by atoms with van der Waals surface area (Å²) in [4.78, 5) is 20.6. The van der Waals surface area contributed by atoms with Gasteiger partial charge in [-0.1, -0.05) is 30.3 Å². The molecule has 0 amide bonds. The van der Waals surface area contributed by atoms with E-state index in [1.54, 1.807) is 0 Å². The van der Waals surface area contributed by atoms with Gasteiger partial charge in [0.25, 0.3) is 0 Å². The first kappa shape index (κ1) is 17.1. The van der Waals surface area contributed by atoms with Gasteiger partial charge in [-0.25, -0.2) is 0 Å². The number of β-amino-alcohol motifs (C(OH)–C–C–N with tert-alkyl or cyclic N) is 1. The molecule has 0 spiro atoms. The van der Waals surface area contributed by atoms with Crippen molar-refractivity contribution in [3.8, 4) is 0 Å². The average Bonchev–Trinajstić information content (AvgIpc) is 2.87. The zero-order valence-corrected chi connectivity index (χ0v) is 11.5. The second kappa shape index (κ2) is 8.35. The van der Waals surface area contributed by atoms with Crippen LogP contribution >= 0.6 is 0 Å². The van der Waals surface area contributed by atoms with Gasteiger partial charge in [-0.2, -0.15) is 0 Å². The summed E-state index contributed by atoms with van der Waals surface area (Å²) >= 11 is 0. The van der Waals surface area contributed by atoms with E-state index in [0.717, 1.165) is 5.56 Å². The van der Waals surface area contributed by atoms with Crippen molar-refractivity contribution >= 4 is 11.9 Å². The molecule has 0 bridgehead atoms. The van der Waals surface area contributed by atoms with Gasteiger partial charge in [-0.05, 0) is 12.0 Å². The largest absolute Gasteiger partial charge is 0.480 e. The molecule has 0 radical (unpaired) electrons. The van der Waals surface area contributed by atoms with E-state index >= 15 is 0 Å². The van der Waals surface area contributed by atoms with Crippen molar-refractivity contribution in [2.24, 2.45) is 5.73 Å². The van der Waals surface area contributed by atoms with E-state index < -0.39 is 30.1 Å². The molecule has 7 heteroatoms. The van der Waals surface area contributed by atoms with Crippen molar-refractivity contribution in [2.75, 3.05) is 6.54 Å². The molecule has 7 nitrogen and oxygen atoms in total. The molecule has 1 aromatic carbocycles. The number of carboxylic acids is 2.